The minimum atomic E-state index is 0. The summed E-state index contributed by atoms with van der Waals surface area (Å²) in [6.45, 7) is 3.69. The fourth-order valence-electron chi connectivity index (χ4n) is 2.21. The van der Waals surface area contributed by atoms with Gasteiger partial charge in [0.25, 0.3) is 0 Å². The fourth-order valence-corrected chi connectivity index (χ4v) is 3.27. The summed E-state index contributed by atoms with van der Waals surface area (Å²) in [5.41, 5.74) is 2.32. The van der Waals surface area contributed by atoms with Gasteiger partial charge in [0, 0.05) is 44.7 Å². The van der Waals surface area contributed by atoms with Crippen molar-refractivity contribution in [3.05, 3.63) is 32.6 Å². The Bertz CT molecular complexity index is 563. The Hall–Kier alpha value is -0.750. The maximum absolute atomic E-state index is 5.92. The molecule has 7 heteroatoms. The number of hydrogen-bond acceptors (Lipinski definition) is 4. The monoisotopic (exact) mass is 334 g/mol. The van der Waals surface area contributed by atoms with Crippen molar-refractivity contribution in [3.8, 4) is 0 Å². The molecule has 0 saturated heterocycles. The van der Waals surface area contributed by atoms with Crippen molar-refractivity contribution in [2.45, 2.75) is 20.0 Å². The minimum Gasteiger partial charge on any atom is -0.363 e. The molecule has 1 N–H and O–H groups in total. The van der Waals surface area contributed by atoms with Crippen molar-refractivity contribution in [3.63, 3.8) is 0 Å². The van der Waals surface area contributed by atoms with Gasteiger partial charge in [-0.25, -0.2) is 0 Å². The Morgan fingerprint density at radius 2 is 2.05 bits per heavy atom. The molecule has 112 valence electrons. The van der Waals surface area contributed by atoms with E-state index in [4.69, 9.17) is 11.6 Å². The number of rotatable bonds is 5. The maximum Gasteiger partial charge on any atom is 0.130 e. The molecule has 0 saturated carbocycles. The van der Waals surface area contributed by atoms with Crippen LogP contribution in [-0.2, 0) is 20.1 Å². The highest BCUT2D eigenvalue weighted by Crippen LogP contribution is 2.23. The van der Waals surface area contributed by atoms with E-state index in [9.17, 15) is 0 Å². The van der Waals surface area contributed by atoms with Crippen LogP contribution in [0.4, 0.5) is 5.82 Å². The zero-order valence-corrected chi connectivity index (χ0v) is 14.5. The van der Waals surface area contributed by atoms with E-state index in [0.717, 1.165) is 28.9 Å². The van der Waals surface area contributed by atoms with Gasteiger partial charge in [0.05, 0.1) is 10.0 Å². The normalized spacial score (nSPS) is 10.4. The molecule has 0 aliphatic heterocycles. The Balaban J connectivity index is 0.00000200. The van der Waals surface area contributed by atoms with Gasteiger partial charge < -0.3 is 10.2 Å². The largest absolute Gasteiger partial charge is 0.363 e. The molecule has 0 unspecified atom stereocenters. The zero-order valence-electron chi connectivity index (χ0n) is 12.1. The van der Waals surface area contributed by atoms with E-state index in [-0.39, 0.29) is 12.4 Å². The summed E-state index contributed by atoms with van der Waals surface area (Å²) >= 11 is 7.54. The lowest BCUT2D eigenvalue weighted by Crippen LogP contribution is -2.18. The molecule has 0 bridgehead atoms. The van der Waals surface area contributed by atoms with E-state index in [2.05, 4.69) is 21.4 Å². The number of thiophene rings is 1. The lowest BCUT2D eigenvalue weighted by Gasteiger charge is -2.15. The number of halogens is 2. The second-order valence-corrected chi connectivity index (χ2v) is 6.51. The van der Waals surface area contributed by atoms with Crippen molar-refractivity contribution in [2.75, 3.05) is 19.0 Å². The molecule has 0 atom stereocenters. The minimum absolute atomic E-state index is 0. The number of aromatic nitrogens is 2. The molecule has 2 heterocycles. The standard InChI is InChI=1S/C13H19ClN4S.ClH/c1-9-11(13(17(2)3)18(4)16-9)8-15-7-10-5-6-12(14)19-10;/h5-6,15H,7-8H2,1-4H3;1H. The summed E-state index contributed by atoms with van der Waals surface area (Å²) < 4.78 is 2.76. The summed E-state index contributed by atoms with van der Waals surface area (Å²) in [6.07, 6.45) is 0. The zero-order chi connectivity index (χ0) is 14.0. The number of nitrogens with one attached hydrogen (secondary N) is 1. The highest BCUT2D eigenvalue weighted by atomic mass is 35.5. The topological polar surface area (TPSA) is 33.1 Å². The van der Waals surface area contributed by atoms with Crippen LogP contribution in [0, 0.1) is 6.92 Å². The summed E-state index contributed by atoms with van der Waals surface area (Å²) in [5.74, 6) is 1.15. The fraction of sp³-hybridized carbons (Fsp3) is 0.462. The smallest absolute Gasteiger partial charge is 0.130 e. The highest BCUT2D eigenvalue weighted by molar-refractivity contribution is 7.16. The number of nitrogens with zero attached hydrogens (tertiary/aromatic N) is 3. The summed E-state index contributed by atoms with van der Waals surface area (Å²) in [7, 11) is 6.06. The van der Waals surface area contributed by atoms with Crippen LogP contribution in [0.5, 0.6) is 0 Å². The molecule has 2 aromatic rings. The molecule has 2 rings (SSSR count). The van der Waals surface area contributed by atoms with Crippen molar-refractivity contribution < 1.29 is 0 Å². The molecular formula is C13H20Cl2N4S. The Labute approximate surface area is 135 Å². The molecule has 0 radical (unpaired) electrons. The first kappa shape index (κ1) is 17.3. The van der Waals surface area contributed by atoms with Crippen molar-refractivity contribution in [1.29, 1.82) is 0 Å². The van der Waals surface area contributed by atoms with Crippen LogP contribution >= 0.6 is 35.3 Å². The third kappa shape index (κ3) is 3.88. The second kappa shape index (κ2) is 7.31. The first-order valence-electron chi connectivity index (χ1n) is 6.13. The van der Waals surface area contributed by atoms with Gasteiger partial charge in [-0.05, 0) is 19.1 Å². The molecule has 2 aromatic heterocycles. The summed E-state index contributed by atoms with van der Waals surface area (Å²) in [5, 5.41) is 7.93. The van der Waals surface area contributed by atoms with Crippen molar-refractivity contribution in [1.82, 2.24) is 15.1 Å². The Morgan fingerprint density at radius 1 is 1.35 bits per heavy atom. The van der Waals surface area contributed by atoms with Crippen LogP contribution in [-0.4, -0.2) is 23.9 Å². The molecule has 0 amide bonds. The molecule has 0 aliphatic carbocycles. The first-order chi connectivity index (χ1) is 8.99. The maximum atomic E-state index is 5.92. The molecular weight excluding hydrogens is 315 g/mol. The number of anilines is 1. The van der Waals surface area contributed by atoms with Crippen LogP contribution in [0.25, 0.3) is 0 Å². The van der Waals surface area contributed by atoms with Crippen molar-refractivity contribution in [2.24, 2.45) is 7.05 Å². The molecule has 0 spiro atoms. The summed E-state index contributed by atoms with van der Waals surface area (Å²) in [6, 6.07) is 3.99. The lowest BCUT2D eigenvalue weighted by molar-refractivity contribution is 0.695. The van der Waals surface area contributed by atoms with Gasteiger partial charge in [-0.15, -0.1) is 23.7 Å². The predicted molar refractivity (Wildman–Crippen MR) is 89.4 cm³/mol. The van der Waals surface area contributed by atoms with E-state index in [1.54, 1.807) is 11.3 Å². The van der Waals surface area contributed by atoms with Crippen LogP contribution in [0.3, 0.4) is 0 Å². The lowest BCUT2D eigenvalue weighted by atomic mass is 10.2. The SMILES string of the molecule is Cc1nn(C)c(N(C)C)c1CNCc1ccc(Cl)s1.Cl. The molecule has 20 heavy (non-hydrogen) atoms. The van der Waals surface area contributed by atoms with E-state index >= 15 is 0 Å². The van der Waals surface area contributed by atoms with Crippen LogP contribution in [0.15, 0.2) is 12.1 Å². The van der Waals surface area contributed by atoms with Gasteiger partial charge in [0.2, 0.25) is 0 Å². The summed E-state index contributed by atoms with van der Waals surface area (Å²) in [4.78, 5) is 3.34. The van der Waals surface area contributed by atoms with Gasteiger partial charge in [-0.3, -0.25) is 4.68 Å². The van der Waals surface area contributed by atoms with E-state index in [1.165, 1.54) is 10.4 Å². The average Bonchev–Trinajstić information content (AvgIpc) is 2.84. The van der Waals surface area contributed by atoms with Crippen LogP contribution < -0.4 is 10.2 Å². The molecule has 0 aromatic carbocycles. The van der Waals surface area contributed by atoms with Gasteiger partial charge in [-0.1, -0.05) is 11.6 Å². The van der Waals surface area contributed by atoms with Crippen molar-refractivity contribution >= 4 is 41.2 Å². The Kier molecular flexibility index (Phi) is 6.33. The van der Waals surface area contributed by atoms with Gasteiger partial charge in [-0.2, -0.15) is 5.10 Å². The Morgan fingerprint density at radius 3 is 2.60 bits per heavy atom. The molecule has 4 nitrogen and oxygen atoms in total. The van der Waals surface area contributed by atoms with Gasteiger partial charge >= 0.3 is 0 Å². The average molecular weight is 335 g/mol. The number of hydrogen-bond donors (Lipinski definition) is 1. The second-order valence-electron chi connectivity index (χ2n) is 4.71. The van der Waals surface area contributed by atoms with E-state index < -0.39 is 0 Å². The number of aryl methyl sites for hydroxylation is 2. The van der Waals surface area contributed by atoms with E-state index in [1.807, 2.05) is 38.8 Å². The molecule has 0 fully saturated rings. The highest BCUT2D eigenvalue weighted by Gasteiger charge is 2.14. The van der Waals surface area contributed by atoms with E-state index in [0.29, 0.717) is 0 Å². The van der Waals surface area contributed by atoms with Gasteiger partial charge in [0.1, 0.15) is 5.82 Å². The quantitative estimate of drug-likeness (QED) is 0.911. The third-order valence-corrected chi connectivity index (χ3v) is 4.20. The molecule has 0 aliphatic rings. The van der Waals surface area contributed by atoms with Gasteiger partial charge in [0.15, 0.2) is 0 Å². The third-order valence-electron chi connectivity index (χ3n) is 2.97. The van der Waals surface area contributed by atoms with Crippen LogP contribution in [0.2, 0.25) is 4.34 Å². The van der Waals surface area contributed by atoms with Crippen LogP contribution in [0.1, 0.15) is 16.1 Å². The first-order valence-corrected chi connectivity index (χ1v) is 7.33. The predicted octanol–water partition coefficient (Wildman–Crippen LogP) is 3.22.